The Hall–Kier alpha value is -1.74. The molecule has 1 fully saturated rings. The van der Waals surface area contributed by atoms with Crippen LogP contribution in [0.1, 0.15) is 24.7 Å². The summed E-state index contributed by atoms with van der Waals surface area (Å²) >= 11 is 0. The SMILES string of the molecule is Cc1ncc(S(=O)(=O)NCC2CC(n3ccnn3)C2)n1C. The van der Waals surface area contributed by atoms with Crippen LogP contribution in [0.25, 0.3) is 0 Å². The molecule has 0 unspecified atom stereocenters. The lowest BCUT2D eigenvalue weighted by Crippen LogP contribution is -2.37. The van der Waals surface area contributed by atoms with E-state index in [1.807, 2.05) is 10.9 Å². The molecule has 2 aromatic rings. The molecule has 8 nitrogen and oxygen atoms in total. The summed E-state index contributed by atoms with van der Waals surface area (Å²) in [5.41, 5.74) is 0. The molecule has 2 aromatic heterocycles. The summed E-state index contributed by atoms with van der Waals surface area (Å²) < 4.78 is 30.5. The van der Waals surface area contributed by atoms with E-state index in [4.69, 9.17) is 0 Å². The van der Waals surface area contributed by atoms with Crippen molar-refractivity contribution in [3.63, 3.8) is 0 Å². The molecule has 0 aliphatic heterocycles. The molecule has 114 valence electrons. The Kier molecular flexibility index (Phi) is 3.54. The highest BCUT2D eigenvalue weighted by atomic mass is 32.2. The van der Waals surface area contributed by atoms with Gasteiger partial charge in [-0.3, -0.25) is 0 Å². The van der Waals surface area contributed by atoms with Crippen molar-refractivity contribution in [3.05, 3.63) is 24.4 Å². The number of aryl methyl sites for hydroxylation is 1. The fourth-order valence-electron chi connectivity index (χ4n) is 2.53. The molecule has 0 saturated heterocycles. The largest absolute Gasteiger partial charge is 0.321 e. The van der Waals surface area contributed by atoms with Crippen molar-refractivity contribution in [2.75, 3.05) is 6.54 Å². The molecule has 1 saturated carbocycles. The quantitative estimate of drug-likeness (QED) is 0.854. The fourth-order valence-corrected chi connectivity index (χ4v) is 3.81. The molecule has 2 heterocycles. The molecule has 0 spiro atoms. The smallest absolute Gasteiger partial charge is 0.257 e. The molecular weight excluding hydrogens is 292 g/mol. The molecule has 9 heteroatoms. The maximum atomic E-state index is 12.2. The van der Waals surface area contributed by atoms with Crippen molar-refractivity contribution in [2.45, 2.75) is 30.8 Å². The Labute approximate surface area is 123 Å². The predicted molar refractivity (Wildman–Crippen MR) is 74.9 cm³/mol. The average Bonchev–Trinajstić information content (AvgIpc) is 2.99. The summed E-state index contributed by atoms with van der Waals surface area (Å²) in [5.74, 6) is 1.01. The third kappa shape index (κ3) is 2.70. The Bertz CT molecular complexity index is 715. The van der Waals surface area contributed by atoms with E-state index in [2.05, 4.69) is 20.0 Å². The maximum absolute atomic E-state index is 12.2. The highest BCUT2D eigenvalue weighted by Gasteiger charge is 2.32. The number of nitrogens with one attached hydrogen (secondary N) is 1. The predicted octanol–water partition coefficient (Wildman–Crippen LogP) is 0.250. The first-order chi connectivity index (χ1) is 9.97. The van der Waals surface area contributed by atoms with Crippen LogP contribution in [0.3, 0.4) is 0 Å². The Morgan fingerprint density at radius 2 is 2.19 bits per heavy atom. The lowest BCUT2D eigenvalue weighted by atomic mass is 9.80. The fraction of sp³-hybridized carbons (Fsp3) is 0.583. The van der Waals surface area contributed by atoms with Crippen molar-refractivity contribution in [1.29, 1.82) is 0 Å². The molecule has 0 amide bonds. The van der Waals surface area contributed by atoms with E-state index in [0.29, 0.717) is 24.3 Å². The van der Waals surface area contributed by atoms with Gasteiger partial charge in [-0.05, 0) is 25.7 Å². The number of nitrogens with zero attached hydrogens (tertiary/aromatic N) is 5. The third-order valence-electron chi connectivity index (χ3n) is 4.04. The second-order valence-electron chi connectivity index (χ2n) is 5.43. The van der Waals surface area contributed by atoms with Crippen molar-refractivity contribution in [1.82, 2.24) is 29.3 Å². The zero-order valence-electron chi connectivity index (χ0n) is 12.0. The minimum Gasteiger partial charge on any atom is -0.321 e. The number of hydrogen-bond acceptors (Lipinski definition) is 5. The van der Waals surface area contributed by atoms with Gasteiger partial charge in [0, 0.05) is 19.8 Å². The molecule has 1 N–H and O–H groups in total. The first kappa shape index (κ1) is 14.2. The number of sulfonamides is 1. The van der Waals surface area contributed by atoms with Gasteiger partial charge in [0.2, 0.25) is 0 Å². The highest BCUT2D eigenvalue weighted by molar-refractivity contribution is 7.89. The summed E-state index contributed by atoms with van der Waals surface area (Å²) in [7, 11) is -1.80. The average molecular weight is 310 g/mol. The number of rotatable bonds is 5. The molecule has 21 heavy (non-hydrogen) atoms. The van der Waals surface area contributed by atoms with E-state index in [1.54, 1.807) is 24.7 Å². The van der Waals surface area contributed by atoms with E-state index in [0.717, 1.165) is 12.8 Å². The molecular formula is C12H18N6O2S. The van der Waals surface area contributed by atoms with Gasteiger partial charge in [0.25, 0.3) is 10.0 Å². The van der Waals surface area contributed by atoms with E-state index in [1.165, 1.54) is 6.20 Å². The van der Waals surface area contributed by atoms with Gasteiger partial charge < -0.3 is 4.57 Å². The summed E-state index contributed by atoms with van der Waals surface area (Å²) in [5, 5.41) is 7.94. The monoisotopic (exact) mass is 310 g/mol. The summed E-state index contributed by atoms with van der Waals surface area (Å²) in [6, 6.07) is 0.334. The second kappa shape index (κ2) is 5.23. The summed E-state index contributed by atoms with van der Waals surface area (Å²) in [6.07, 6.45) is 6.70. The van der Waals surface area contributed by atoms with Crippen LogP contribution in [-0.2, 0) is 17.1 Å². The number of imidazole rings is 1. The van der Waals surface area contributed by atoms with Crippen LogP contribution >= 0.6 is 0 Å². The van der Waals surface area contributed by atoms with Crippen LogP contribution in [0.2, 0.25) is 0 Å². The Morgan fingerprint density at radius 1 is 1.43 bits per heavy atom. The van der Waals surface area contributed by atoms with Gasteiger partial charge in [0.05, 0.1) is 18.4 Å². The molecule has 1 aliphatic carbocycles. The molecule has 3 rings (SSSR count). The summed E-state index contributed by atoms with van der Waals surface area (Å²) in [6.45, 7) is 2.21. The van der Waals surface area contributed by atoms with Crippen LogP contribution in [0.5, 0.6) is 0 Å². The lowest BCUT2D eigenvalue weighted by molar-refractivity contribution is 0.183. The lowest BCUT2D eigenvalue weighted by Gasteiger charge is -2.34. The van der Waals surface area contributed by atoms with Crippen LogP contribution in [0.15, 0.2) is 23.6 Å². The standard InChI is InChI=1S/C12H18N6O2S/c1-9-13-8-12(17(9)2)21(19,20)15-7-10-5-11(6-10)18-4-3-14-16-18/h3-4,8,10-11,15H,5-7H2,1-2H3. The Morgan fingerprint density at radius 3 is 2.76 bits per heavy atom. The first-order valence-electron chi connectivity index (χ1n) is 6.81. The van der Waals surface area contributed by atoms with Crippen LogP contribution in [-0.4, -0.2) is 39.5 Å². The Balaban J connectivity index is 1.55. The third-order valence-corrected chi connectivity index (χ3v) is 5.52. The number of aromatic nitrogens is 5. The van der Waals surface area contributed by atoms with E-state index in [9.17, 15) is 8.42 Å². The second-order valence-corrected chi connectivity index (χ2v) is 7.14. The van der Waals surface area contributed by atoms with Gasteiger partial charge in [-0.15, -0.1) is 5.10 Å². The first-order valence-corrected chi connectivity index (χ1v) is 8.29. The minimum atomic E-state index is -3.50. The molecule has 0 radical (unpaired) electrons. The van der Waals surface area contributed by atoms with Crippen molar-refractivity contribution in [3.8, 4) is 0 Å². The van der Waals surface area contributed by atoms with E-state index >= 15 is 0 Å². The van der Waals surface area contributed by atoms with Gasteiger partial charge >= 0.3 is 0 Å². The minimum absolute atomic E-state index is 0.201. The van der Waals surface area contributed by atoms with Gasteiger partial charge in [0.15, 0.2) is 5.03 Å². The van der Waals surface area contributed by atoms with E-state index < -0.39 is 10.0 Å². The van der Waals surface area contributed by atoms with E-state index in [-0.39, 0.29) is 5.03 Å². The summed E-state index contributed by atoms with van der Waals surface area (Å²) in [4.78, 5) is 4.01. The van der Waals surface area contributed by atoms with Gasteiger partial charge in [-0.25, -0.2) is 22.8 Å². The van der Waals surface area contributed by atoms with Gasteiger partial charge in [-0.2, -0.15) is 0 Å². The molecule has 0 atom stereocenters. The molecule has 1 aliphatic rings. The zero-order chi connectivity index (χ0) is 15.0. The molecule has 0 bridgehead atoms. The van der Waals surface area contributed by atoms with Crippen molar-refractivity contribution >= 4 is 10.0 Å². The topological polar surface area (TPSA) is 94.7 Å². The van der Waals surface area contributed by atoms with Crippen molar-refractivity contribution in [2.24, 2.45) is 13.0 Å². The maximum Gasteiger partial charge on any atom is 0.257 e. The zero-order valence-corrected chi connectivity index (χ0v) is 12.8. The van der Waals surface area contributed by atoms with Gasteiger partial charge in [0.1, 0.15) is 5.82 Å². The highest BCUT2D eigenvalue weighted by Crippen LogP contribution is 2.36. The van der Waals surface area contributed by atoms with Crippen LogP contribution < -0.4 is 4.72 Å². The molecule has 0 aromatic carbocycles. The normalized spacial score (nSPS) is 22.2. The van der Waals surface area contributed by atoms with Crippen LogP contribution in [0, 0.1) is 12.8 Å². The van der Waals surface area contributed by atoms with Gasteiger partial charge in [-0.1, -0.05) is 5.21 Å². The van der Waals surface area contributed by atoms with Crippen molar-refractivity contribution < 1.29 is 8.42 Å². The van der Waals surface area contributed by atoms with Crippen LogP contribution in [0.4, 0.5) is 0 Å². The number of hydrogen-bond donors (Lipinski definition) is 1.